The summed E-state index contributed by atoms with van der Waals surface area (Å²) in [6.07, 6.45) is 0. The second kappa shape index (κ2) is 4.94. The van der Waals surface area contributed by atoms with Gasteiger partial charge < -0.3 is 10.5 Å². The van der Waals surface area contributed by atoms with Crippen molar-refractivity contribution in [2.45, 2.75) is 6.92 Å². The summed E-state index contributed by atoms with van der Waals surface area (Å²) in [5, 5.41) is 5.25. The predicted molar refractivity (Wildman–Crippen MR) is 83.0 cm³/mol. The molecule has 3 aromatic rings. The van der Waals surface area contributed by atoms with Gasteiger partial charge in [0, 0.05) is 0 Å². The first kappa shape index (κ1) is 13.2. The van der Waals surface area contributed by atoms with Crippen LogP contribution in [0.25, 0.3) is 16.5 Å². The highest BCUT2D eigenvalue weighted by atomic mass is 16.5. The smallest absolute Gasteiger partial charge is 0.279 e. The number of ether oxygens (including phenoxy) is 1. The van der Waals surface area contributed by atoms with Gasteiger partial charge in [0.15, 0.2) is 5.82 Å². The van der Waals surface area contributed by atoms with Crippen LogP contribution in [0.4, 0.5) is 5.82 Å². The van der Waals surface area contributed by atoms with E-state index in [0.717, 1.165) is 5.56 Å². The SMILES string of the molecule is COc1cccc2c(=O)n(-c3ccc(C)cc3)nc(N)c12. The Balaban J connectivity index is 2.34. The van der Waals surface area contributed by atoms with Crippen LogP contribution in [0.15, 0.2) is 47.3 Å². The fourth-order valence-electron chi connectivity index (χ4n) is 2.32. The summed E-state index contributed by atoms with van der Waals surface area (Å²) >= 11 is 0. The standard InChI is InChI=1S/C16H15N3O2/c1-10-6-8-11(9-7-10)19-16(20)12-4-3-5-13(21-2)14(12)15(17)18-19/h3-9H,1-2H3,(H2,17,18). The van der Waals surface area contributed by atoms with E-state index < -0.39 is 0 Å². The van der Waals surface area contributed by atoms with Crippen molar-refractivity contribution in [2.24, 2.45) is 0 Å². The molecule has 0 unspecified atom stereocenters. The average Bonchev–Trinajstić information content (AvgIpc) is 2.51. The molecule has 2 aromatic carbocycles. The molecule has 3 rings (SSSR count). The first-order valence-corrected chi connectivity index (χ1v) is 6.54. The molecule has 0 fully saturated rings. The van der Waals surface area contributed by atoms with Crippen LogP contribution in [0, 0.1) is 6.92 Å². The van der Waals surface area contributed by atoms with Gasteiger partial charge >= 0.3 is 0 Å². The molecule has 0 spiro atoms. The number of anilines is 1. The molecule has 0 bridgehead atoms. The highest BCUT2D eigenvalue weighted by Crippen LogP contribution is 2.27. The van der Waals surface area contributed by atoms with Gasteiger partial charge in [-0.1, -0.05) is 23.8 Å². The van der Waals surface area contributed by atoms with Crippen LogP contribution in [-0.4, -0.2) is 16.9 Å². The summed E-state index contributed by atoms with van der Waals surface area (Å²) in [5.74, 6) is 0.813. The summed E-state index contributed by atoms with van der Waals surface area (Å²) in [6, 6.07) is 12.8. The van der Waals surface area contributed by atoms with Crippen molar-refractivity contribution >= 4 is 16.6 Å². The van der Waals surface area contributed by atoms with E-state index in [1.54, 1.807) is 25.3 Å². The topological polar surface area (TPSA) is 70.1 Å². The van der Waals surface area contributed by atoms with Crippen molar-refractivity contribution in [3.8, 4) is 11.4 Å². The molecule has 0 amide bonds. The summed E-state index contributed by atoms with van der Waals surface area (Å²) in [4.78, 5) is 12.6. The fourth-order valence-corrected chi connectivity index (χ4v) is 2.32. The first-order valence-electron chi connectivity index (χ1n) is 6.54. The van der Waals surface area contributed by atoms with Gasteiger partial charge in [-0.2, -0.15) is 4.68 Å². The quantitative estimate of drug-likeness (QED) is 0.782. The first-order chi connectivity index (χ1) is 10.1. The molecule has 1 aromatic heterocycles. The second-order valence-corrected chi connectivity index (χ2v) is 4.82. The molecule has 5 heteroatoms. The molecule has 106 valence electrons. The predicted octanol–water partition coefficient (Wildman–Crippen LogP) is 2.28. The Kier molecular flexibility index (Phi) is 3.10. The van der Waals surface area contributed by atoms with Gasteiger partial charge in [-0.05, 0) is 31.2 Å². The van der Waals surface area contributed by atoms with Crippen LogP contribution >= 0.6 is 0 Å². The minimum atomic E-state index is -0.220. The Labute approximate surface area is 121 Å². The van der Waals surface area contributed by atoms with Gasteiger partial charge in [-0.3, -0.25) is 4.79 Å². The number of rotatable bonds is 2. The van der Waals surface area contributed by atoms with Crippen molar-refractivity contribution in [3.05, 3.63) is 58.4 Å². The number of nitrogen functional groups attached to an aromatic ring is 1. The fraction of sp³-hybridized carbons (Fsp3) is 0.125. The zero-order valence-corrected chi connectivity index (χ0v) is 11.8. The molecule has 0 saturated carbocycles. The maximum absolute atomic E-state index is 12.6. The molecule has 5 nitrogen and oxygen atoms in total. The zero-order chi connectivity index (χ0) is 15.0. The van der Waals surface area contributed by atoms with Gasteiger partial charge in [0.1, 0.15) is 5.75 Å². The number of hydrogen-bond donors (Lipinski definition) is 1. The van der Waals surface area contributed by atoms with E-state index in [9.17, 15) is 4.79 Å². The van der Waals surface area contributed by atoms with Crippen molar-refractivity contribution in [2.75, 3.05) is 12.8 Å². The third-order valence-corrected chi connectivity index (χ3v) is 3.41. The molecular formula is C16H15N3O2. The van der Waals surface area contributed by atoms with Crippen molar-refractivity contribution in [3.63, 3.8) is 0 Å². The third kappa shape index (κ3) is 2.12. The number of methoxy groups -OCH3 is 1. The molecule has 0 atom stereocenters. The molecule has 1 heterocycles. The minimum Gasteiger partial charge on any atom is -0.496 e. The highest BCUT2D eigenvalue weighted by molar-refractivity contribution is 5.95. The Morgan fingerprint density at radius 3 is 2.52 bits per heavy atom. The maximum atomic E-state index is 12.6. The van der Waals surface area contributed by atoms with Gasteiger partial charge in [0.05, 0.1) is 23.6 Å². The molecule has 0 radical (unpaired) electrons. The van der Waals surface area contributed by atoms with E-state index in [1.165, 1.54) is 4.68 Å². The van der Waals surface area contributed by atoms with E-state index in [1.807, 2.05) is 31.2 Å². The molecule has 2 N–H and O–H groups in total. The van der Waals surface area contributed by atoms with Gasteiger partial charge in [0.25, 0.3) is 5.56 Å². The summed E-state index contributed by atoms with van der Waals surface area (Å²) in [5.41, 5.74) is 7.59. The Morgan fingerprint density at radius 2 is 1.86 bits per heavy atom. The van der Waals surface area contributed by atoms with E-state index in [0.29, 0.717) is 22.2 Å². The minimum absolute atomic E-state index is 0.220. The normalized spacial score (nSPS) is 10.8. The number of fused-ring (bicyclic) bond motifs is 1. The zero-order valence-electron chi connectivity index (χ0n) is 11.8. The summed E-state index contributed by atoms with van der Waals surface area (Å²) < 4.78 is 6.57. The third-order valence-electron chi connectivity index (χ3n) is 3.41. The largest absolute Gasteiger partial charge is 0.496 e. The maximum Gasteiger partial charge on any atom is 0.279 e. The van der Waals surface area contributed by atoms with Crippen LogP contribution < -0.4 is 16.0 Å². The lowest BCUT2D eigenvalue weighted by Crippen LogP contribution is -2.22. The molecule has 0 aliphatic heterocycles. The van der Waals surface area contributed by atoms with Crippen molar-refractivity contribution in [1.82, 2.24) is 9.78 Å². The monoisotopic (exact) mass is 281 g/mol. The van der Waals surface area contributed by atoms with E-state index in [4.69, 9.17) is 10.5 Å². The van der Waals surface area contributed by atoms with Crippen LogP contribution in [-0.2, 0) is 0 Å². The van der Waals surface area contributed by atoms with Crippen LogP contribution in [0.2, 0.25) is 0 Å². The van der Waals surface area contributed by atoms with Gasteiger partial charge in [0.2, 0.25) is 0 Å². The molecule has 0 saturated heterocycles. The average molecular weight is 281 g/mol. The number of benzene rings is 2. The number of aryl methyl sites for hydroxylation is 1. The lowest BCUT2D eigenvalue weighted by atomic mass is 10.1. The number of nitrogens with two attached hydrogens (primary N) is 1. The molecule has 0 aliphatic carbocycles. The number of hydrogen-bond acceptors (Lipinski definition) is 4. The van der Waals surface area contributed by atoms with Gasteiger partial charge in [-0.25, -0.2) is 0 Å². The van der Waals surface area contributed by atoms with Crippen molar-refractivity contribution < 1.29 is 4.74 Å². The summed E-state index contributed by atoms with van der Waals surface area (Å²) in [6.45, 7) is 1.99. The van der Waals surface area contributed by atoms with E-state index in [2.05, 4.69) is 5.10 Å². The van der Waals surface area contributed by atoms with Crippen molar-refractivity contribution in [1.29, 1.82) is 0 Å². The van der Waals surface area contributed by atoms with E-state index in [-0.39, 0.29) is 11.4 Å². The number of nitrogens with zero attached hydrogens (tertiary/aromatic N) is 2. The molecule has 21 heavy (non-hydrogen) atoms. The Morgan fingerprint density at radius 1 is 1.14 bits per heavy atom. The second-order valence-electron chi connectivity index (χ2n) is 4.82. The lowest BCUT2D eigenvalue weighted by molar-refractivity contribution is 0.419. The molecule has 0 aliphatic rings. The van der Waals surface area contributed by atoms with Gasteiger partial charge in [-0.15, -0.1) is 5.10 Å². The number of aromatic nitrogens is 2. The van der Waals surface area contributed by atoms with Crippen LogP contribution in [0.1, 0.15) is 5.56 Å². The Bertz CT molecular complexity index is 867. The Hall–Kier alpha value is -2.82. The van der Waals surface area contributed by atoms with Crippen LogP contribution in [0.5, 0.6) is 5.75 Å². The lowest BCUT2D eigenvalue weighted by Gasteiger charge is -2.11. The molecular weight excluding hydrogens is 266 g/mol. The summed E-state index contributed by atoms with van der Waals surface area (Å²) in [7, 11) is 1.54. The highest BCUT2D eigenvalue weighted by Gasteiger charge is 2.13. The van der Waals surface area contributed by atoms with E-state index >= 15 is 0 Å². The van der Waals surface area contributed by atoms with Crippen LogP contribution in [0.3, 0.4) is 0 Å².